The largest absolute Gasteiger partial charge is 0.343 e. The summed E-state index contributed by atoms with van der Waals surface area (Å²) in [6.07, 6.45) is 3.22. The first-order valence-corrected chi connectivity index (χ1v) is 6.97. The lowest BCUT2D eigenvalue weighted by atomic mass is 10.2. The summed E-state index contributed by atoms with van der Waals surface area (Å²) in [7, 11) is 0. The number of hydrogen-bond acceptors (Lipinski definition) is 5. The van der Waals surface area contributed by atoms with E-state index < -0.39 is 11.7 Å². The fourth-order valence-electron chi connectivity index (χ4n) is 1.87. The molecule has 0 radical (unpaired) electrons. The van der Waals surface area contributed by atoms with Crippen LogP contribution in [-0.2, 0) is 6.54 Å². The van der Waals surface area contributed by atoms with Crippen molar-refractivity contribution < 1.29 is 13.7 Å². The highest BCUT2D eigenvalue weighted by molar-refractivity contribution is 6.30. The van der Waals surface area contributed by atoms with Crippen LogP contribution in [0.25, 0.3) is 11.4 Å². The number of halogens is 2. The molecule has 6 nitrogen and oxygen atoms in total. The van der Waals surface area contributed by atoms with Crippen molar-refractivity contribution in [2.45, 2.75) is 6.54 Å². The molecule has 2 heterocycles. The first kappa shape index (κ1) is 15.1. The summed E-state index contributed by atoms with van der Waals surface area (Å²) in [5.74, 6) is -0.699. The molecule has 0 aliphatic heterocycles. The topological polar surface area (TPSA) is 80.9 Å². The van der Waals surface area contributed by atoms with E-state index in [1.165, 1.54) is 12.1 Å². The maximum Gasteiger partial charge on any atom is 0.254 e. The van der Waals surface area contributed by atoms with Crippen LogP contribution in [-0.4, -0.2) is 21.0 Å². The quantitative estimate of drug-likeness (QED) is 0.794. The number of hydrogen-bond donors (Lipinski definition) is 1. The molecular weight excluding hydrogens is 323 g/mol. The van der Waals surface area contributed by atoms with Gasteiger partial charge in [0, 0.05) is 23.0 Å². The summed E-state index contributed by atoms with van der Waals surface area (Å²) >= 11 is 5.65. The Bertz CT molecular complexity index is 839. The van der Waals surface area contributed by atoms with E-state index in [1.807, 2.05) is 0 Å². The zero-order valence-electron chi connectivity index (χ0n) is 11.7. The predicted molar refractivity (Wildman–Crippen MR) is 80.1 cm³/mol. The van der Waals surface area contributed by atoms with Gasteiger partial charge < -0.3 is 9.84 Å². The summed E-state index contributed by atoms with van der Waals surface area (Å²) in [6.45, 7) is -0.0149. The van der Waals surface area contributed by atoms with Gasteiger partial charge in [-0.15, -0.1) is 0 Å². The van der Waals surface area contributed by atoms with Crippen molar-refractivity contribution in [2.75, 3.05) is 0 Å². The van der Waals surface area contributed by atoms with Crippen molar-refractivity contribution in [1.82, 2.24) is 20.4 Å². The molecule has 1 aromatic carbocycles. The first-order valence-electron chi connectivity index (χ1n) is 6.60. The number of nitrogens with zero attached hydrogens (tertiary/aromatic N) is 3. The SMILES string of the molecule is O=C(NCc1nc(-c2ccncc2)no1)c1ccc(Cl)cc1F. The lowest BCUT2D eigenvalue weighted by Crippen LogP contribution is -2.24. The molecule has 1 amide bonds. The molecule has 0 fully saturated rings. The number of aromatic nitrogens is 3. The second kappa shape index (κ2) is 6.53. The summed E-state index contributed by atoms with van der Waals surface area (Å²) in [5.41, 5.74) is 0.633. The van der Waals surface area contributed by atoms with E-state index >= 15 is 0 Å². The van der Waals surface area contributed by atoms with Crippen LogP contribution >= 0.6 is 11.6 Å². The Morgan fingerprint density at radius 1 is 1.26 bits per heavy atom. The molecule has 0 saturated heterocycles. The van der Waals surface area contributed by atoms with Gasteiger partial charge in [0.1, 0.15) is 5.82 Å². The molecule has 2 aromatic heterocycles. The molecule has 0 aliphatic carbocycles. The van der Waals surface area contributed by atoms with Crippen LogP contribution in [0.3, 0.4) is 0 Å². The Labute approximate surface area is 135 Å². The van der Waals surface area contributed by atoms with E-state index in [4.69, 9.17) is 16.1 Å². The maximum atomic E-state index is 13.6. The molecule has 0 unspecified atom stereocenters. The summed E-state index contributed by atoms with van der Waals surface area (Å²) in [5, 5.41) is 6.54. The Morgan fingerprint density at radius 2 is 2.04 bits per heavy atom. The molecule has 3 aromatic rings. The smallest absolute Gasteiger partial charge is 0.254 e. The molecule has 3 rings (SSSR count). The highest BCUT2D eigenvalue weighted by Crippen LogP contribution is 2.16. The highest BCUT2D eigenvalue weighted by atomic mass is 35.5. The van der Waals surface area contributed by atoms with Gasteiger partial charge in [-0.3, -0.25) is 9.78 Å². The normalized spacial score (nSPS) is 10.5. The molecule has 23 heavy (non-hydrogen) atoms. The van der Waals surface area contributed by atoms with Crippen LogP contribution in [0.2, 0.25) is 5.02 Å². The standard InChI is InChI=1S/C15H10ClFN4O2/c16-10-1-2-11(12(17)7-10)15(22)19-8-13-20-14(21-23-13)9-3-5-18-6-4-9/h1-7H,8H2,(H,19,22). The van der Waals surface area contributed by atoms with Crippen molar-refractivity contribution in [1.29, 1.82) is 0 Å². The maximum absolute atomic E-state index is 13.6. The lowest BCUT2D eigenvalue weighted by Gasteiger charge is -2.03. The van der Waals surface area contributed by atoms with Crippen molar-refractivity contribution in [3.63, 3.8) is 0 Å². The van der Waals surface area contributed by atoms with E-state index in [-0.39, 0.29) is 23.0 Å². The fraction of sp³-hybridized carbons (Fsp3) is 0.0667. The molecular formula is C15H10ClFN4O2. The van der Waals surface area contributed by atoms with Gasteiger partial charge in [-0.1, -0.05) is 16.8 Å². The van der Waals surface area contributed by atoms with Crippen LogP contribution < -0.4 is 5.32 Å². The van der Waals surface area contributed by atoms with Crippen molar-refractivity contribution >= 4 is 17.5 Å². The number of nitrogens with one attached hydrogen (secondary N) is 1. The van der Waals surface area contributed by atoms with Gasteiger partial charge in [-0.05, 0) is 30.3 Å². The minimum atomic E-state index is -0.696. The van der Waals surface area contributed by atoms with Gasteiger partial charge in [-0.2, -0.15) is 4.98 Å². The van der Waals surface area contributed by atoms with Gasteiger partial charge in [0.2, 0.25) is 11.7 Å². The average molecular weight is 333 g/mol. The number of carbonyl (C=O) groups is 1. The minimum Gasteiger partial charge on any atom is -0.343 e. The van der Waals surface area contributed by atoms with Gasteiger partial charge in [0.15, 0.2) is 0 Å². The second-order valence-corrected chi connectivity index (χ2v) is 4.99. The second-order valence-electron chi connectivity index (χ2n) is 4.55. The third-order valence-electron chi connectivity index (χ3n) is 2.98. The van der Waals surface area contributed by atoms with Gasteiger partial charge in [0.25, 0.3) is 5.91 Å². The van der Waals surface area contributed by atoms with E-state index in [2.05, 4.69) is 20.4 Å². The zero-order valence-corrected chi connectivity index (χ0v) is 12.4. The van der Waals surface area contributed by atoms with Gasteiger partial charge in [-0.25, -0.2) is 4.39 Å². The molecule has 1 N–H and O–H groups in total. The third-order valence-corrected chi connectivity index (χ3v) is 3.22. The van der Waals surface area contributed by atoms with Crippen molar-refractivity contribution in [2.24, 2.45) is 0 Å². The molecule has 0 aliphatic rings. The molecule has 0 spiro atoms. The Hall–Kier alpha value is -2.80. The molecule has 0 saturated carbocycles. The number of pyridine rings is 1. The summed E-state index contributed by atoms with van der Waals surface area (Å²) in [4.78, 5) is 20.0. The van der Waals surface area contributed by atoms with Crippen LogP contribution in [0.4, 0.5) is 4.39 Å². The van der Waals surface area contributed by atoms with E-state index in [1.54, 1.807) is 24.5 Å². The number of rotatable bonds is 4. The molecule has 116 valence electrons. The predicted octanol–water partition coefficient (Wildman–Crippen LogP) is 2.85. The van der Waals surface area contributed by atoms with Crippen molar-refractivity contribution in [3.8, 4) is 11.4 Å². The van der Waals surface area contributed by atoms with Gasteiger partial charge in [0.05, 0.1) is 12.1 Å². The number of benzene rings is 1. The van der Waals surface area contributed by atoms with E-state index in [9.17, 15) is 9.18 Å². The average Bonchev–Trinajstić information content (AvgIpc) is 3.02. The fourth-order valence-corrected chi connectivity index (χ4v) is 2.03. The number of carbonyl (C=O) groups excluding carboxylic acids is 1. The van der Waals surface area contributed by atoms with Gasteiger partial charge >= 0.3 is 0 Å². The number of amides is 1. The zero-order chi connectivity index (χ0) is 16.2. The Balaban J connectivity index is 1.67. The van der Waals surface area contributed by atoms with Crippen LogP contribution in [0.1, 0.15) is 16.2 Å². The highest BCUT2D eigenvalue weighted by Gasteiger charge is 2.14. The third kappa shape index (κ3) is 3.51. The Kier molecular flexibility index (Phi) is 4.29. The van der Waals surface area contributed by atoms with E-state index in [0.717, 1.165) is 11.6 Å². The molecule has 0 atom stereocenters. The van der Waals surface area contributed by atoms with Crippen LogP contribution in [0.15, 0.2) is 47.2 Å². The summed E-state index contributed by atoms with van der Waals surface area (Å²) < 4.78 is 18.7. The molecule has 8 heteroatoms. The molecule has 0 bridgehead atoms. The lowest BCUT2D eigenvalue weighted by molar-refractivity contribution is 0.0942. The Morgan fingerprint density at radius 3 is 2.78 bits per heavy atom. The van der Waals surface area contributed by atoms with Crippen LogP contribution in [0.5, 0.6) is 0 Å². The van der Waals surface area contributed by atoms with Crippen molar-refractivity contribution in [3.05, 3.63) is 65.0 Å². The summed E-state index contributed by atoms with van der Waals surface area (Å²) in [6, 6.07) is 7.29. The van der Waals surface area contributed by atoms with E-state index in [0.29, 0.717) is 5.82 Å². The monoisotopic (exact) mass is 332 g/mol. The minimum absolute atomic E-state index is 0.0149. The first-order chi connectivity index (χ1) is 11.1. The van der Waals surface area contributed by atoms with Crippen LogP contribution in [0, 0.1) is 5.82 Å².